The van der Waals surface area contributed by atoms with Crippen LogP contribution in [0, 0.1) is 0 Å². The normalized spacial score (nSPS) is 12.1. The lowest BCUT2D eigenvalue weighted by Gasteiger charge is -2.12. The summed E-state index contributed by atoms with van der Waals surface area (Å²) in [6, 6.07) is 10.3. The predicted octanol–water partition coefficient (Wildman–Crippen LogP) is 0.733. The molecular formula is C19H30N2O3S+2. The molecule has 0 aliphatic carbocycles. The molecule has 138 valence electrons. The van der Waals surface area contributed by atoms with E-state index in [0.29, 0.717) is 13.2 Å². The molecule has 2 aromatic rings. The number of nitrogens with two attached hydrogens (primary N) is 2. The summed E-state index contributed by atoms with van der Waals surface area (Å²) >= 11 is 1.69. The first-order valence-electron chi connectivity index (χ1n) is 8.91. The molecule has 6 heteroatoms. The molecule has 0 unspecified atom stereocenters. The highest BCUT2D eigenvalue weighted by atomic mass is 32.1. The molecule has 25 heavy (non-hydrogen) atoms. The Morgan fingerprint density at radius 3 is 2.68 bits per heavy atom. The molecule has 5 nitrogen and oxygen atoms in total. The molecule has 1 aromatic carbocycles. The standard InChI is InChI=1S/C19H28N2O3S/c1-3-23-19-11-16(13-21-9-8-20-12-15(2)22)6-7-18(19)24-14-17-5-4-10-25-17/h4-7,10-11,15,20-22H,3,8-9,12-14H2,1-2H3/p+2/t15-/m0/s1. The zero-order chi connectivity index (χ0) is 17.9. The molecule has 0 aliphatic rings. The fourth-order valence-corrected chi connectivity index (χ4v) is 3.09. The van der Waals surface area contributed by atoms with Crippen molar-refractivity contribution in [2.75, 3.05) is 26.2 Å². The summed E-state index contributed by atoms with van der Waals surface area (Å²) in [6.07, 6.45) is -0.240. The number of aliphatic hydroxyl groups excluding tert-OH is 1. The molecule has 0 bridgehead atoms. The van der Waals surface area contributed by atoms with E-state index in [4.69, 9.17) is 9.47 Å². The van der Waals surface area contributed by atoms with E-state index in [9.17, 15) is 5.11 Å². The van der Waals surface area contributed by atoms with Crippen LogP contribution in [0.1, 0.15) is 24.3 Å². The number of rotatable bonds is 12. The summed E-state index contributed by atoms with van der Waals surface area (Å²) in [7, 11) is 0. The van der Waals surface area contributed by atoms with E-state index in [0.717, 1.165) is 37.7 Å². The maximum absolute atomic E-state index is 9.23. The summed E-state index contributed by atoms with van der Waals surface area (Å²) in [5.74, 6) is 1.61. The van der Waals surface area contributed by atoms with Crippen LogP contribution in [-0.2, 0) is 13.2 Å². The lowest BCUT2D eigenvalue weighted by Crippen LogP contribution is -2.95. The van der Waals surface area contributed by atoms with Crippen molar-refractivity contribution >= 4 is 11.3 Å². The number of thiophene rings is 1. The van der Waals surface area contributed by atoms with E-state index < -0.39 is 0 Å². The highest BCUT2D eigenvalue weighted by Gasteiger charge is 2.08. The van der Waals surface area contributed by atoms with E-state index in [2.05, 4.69) is 34.2 Å². The maximum Gasteiger partial charge on any atom is 0.161 e. The van der Waals surface area contributed by atoms with Gasteiger partial charge in [0.1, 0.15) is 32.8 Å². The molecule has 2 rings (SSSR count). The van der Waals surface area contributed by atoms with Gasteiger partial charge in [-0.15, -0.1) is 11.3 Å². The van der Waals surface area contributed by atoms with Crippen LogP contribution < -0.4 is 20.1 Å². The quantitative estimate of drug-likeness (QED) is 0.485. The first-order valence-corrected chi connectivity index (χ1v) is 9.79. The van der Waals surface area contributed by atoms with Gasteiger partial charge in [0.25, 0.3) is 0 Å². The van der Waals surface area contributed by atoms with Crippen LogP contribution >= 0.6 is 11.3 Å². The number of hydrogen-bond donors (Lipinski definition) is 3. The third kappa shape index (κ3) is 7.44. The van der Waals surface area contributed by atoms with Crippen molar-refractivity contribution in [3.05, 3.63) is 46.2 Å². The zero-order valence-electron chi connectivity index (χ0n) is 15.1. The minimum absolute atomic E-state index is 0.240. The molecular weight excluding hydrogens is 336 g/mol. The van der Waals surface area contributed by atoms with Crippen LogP contribution in [0.2, 0.25) is 0 Å². The Labute approximate surface area is 154 Å². The van der Waals surface area contributed by atoms with Gasteiger partial charge in [-0.1, -0.05) is 6.07 Å². The van der Waals surface area contributed by atoms with Gasteiger partial charge in [0.2, 0.25) is 0 Å². The third-order valence-electron chi connectivity index (χ3n) is 3.72. The summed E-state index contributed by atoms with van der Waals surface area (Å²) in [5, 5.41) is 15.7. The van der Waals surface area contributed by atoms with Crippen LogP contribution in [0.5, 0.6) is 11.5 Å². The lowest BCUT2D eigenvalue weighted by molar-refractivity contribution is -0.733. The lowest BCUT2D eigenvalue weighted by atomic mass is 10.2. The molecule has 0 amide bonds. The summed E-state index contributed by atoms with van der Waals surface area (Å²) in [4.78, 5) is 1.20. The number of quaternary nitrogens is 2. The van der Waals surface area contributed by atoms with Gasteiger partial charge < -0.3 is 25.2 Å². The van der Waals surface area contributed by atoms with Crippen LogP contribution in [0.15, 0.2) is 35.7 Å². The van der Waals surface area contributed by atoms with Crippen molar-refractivity contribution < 1.29 is 25.2 Å². The molecule has 1 aromatic heterocycles. The van der Waals surface area contributed by atoms with Crippen LogP contribution in [-0.4, -0.2) is 37.5 Å². The Kier molecular flexibility index (Phi) is 8.76. The molecule has 0 radical (unpaired) electrons. The van der Waals surface area contributed by atoms with E-state index >= 15 is 0 Å². The van der Waals surface area contributed by atoms with E-state index in [1.54, 1.807) is 11.3 Å². The van der Waals surface area contributed by atoms with Crippen molar-refractivity contribution in [3.63, 3.8) is 0 Å². The second-order valence-electron chi connectivity index (χ2n) is 6.03. The average Bonchev–Trinajstić information content (AvgIpc) is 3.11. The Morgan fingerprint density at radius 2 is 1.96 bits per heavy atom. The fraction of sp³-hybridized carbons (Fsp3) is 0.474. The van der Waals surface area contributed by atoms with Crippen LogP contribution in [0.25, 0.3) is 0 Å². The van der Waals surface area contributed by atoms with Gasteiger partial charge >= 0.3 is 0 Å². The van der Waals surface area contributed by atoms with Gasteiger partial charge in [0, 0.05) is 10.4 Å². The van der Waals surface area contributed by atoms with E-state index in [-0.39, 0.29) is 6.10 Å². The second-order valence-corrected chi connectivity index (χ2v) is 7.06. The first kappa shape index (κ1) is 19.7. The highest BCUT2D eigenvalue weighted by molar-refractivity contribution is 7.09. The van der Waals surface area contributed by atoms with Gasteiger partial charge in [-0.25, -0.2) is 0 Å². The van der Waals surface area contributed by atoms with E-state index in [1.807, 2.05) is 26.0 Å². The molecule has 0 spiro atoms. The minimum Gasteiger partial charge on any atom is -0.490 e. The third-order valence-corrected chi connectivity index (χ3v) is 4.57. The molecule has 0 saturated carbocycles. The first-order chi connectivity index (χ1) is 12.2. The largest absolute Gasteiger partial charge is 0.490 e. The number of hydrogen-bond acceptors (Lipinski definition) is 4. The summed E-state index contributed by atoms with van der Waals surface area (Å²) < 4.78 is 11.7. The average molecular weight is 367 g/mol. The monoisotopic (exact) mass is 366 g/mol. The highest BCUT2D eigenvalue weighted by Crippen LogP contribution is 2.29. The smallest absolute Gasteiger partial charge is 0.161 e. The van der Waals surface area contributed by atoms with Crippen molar-refractivity contribution in [3.8, 4) is 11.5 Å². The molecule has 1 heterocycles. The van der Waals surface area contributed by atoms with Gasteiger partial charge in [-0.3, -0.25) is 0 Å². The molecule has 0 saturated heterocycles. The molecule has 0 fully saturated rings. The van der Waals surface area contributed by atoms with Crippen molar-refractivity contribution in [2.45, 2.75) is 33.1 Å². The Morgan fingerprint density at radius 1 is 1.12 bits per heavy atom. The molecule has 1 atom stereocenters. The van der Waals surface area contributed by atoms with E-state index in [1.165, 1.54) is 10.4 Å². The Balaban J connectivity index is 1.82. The molecule has 5 N–H and O–H groups in total. The van der Waals surface area contributed by atoms with Crippen LogP contribution in [0.3, 0.4) is 0 Å². The van der Waals surface area contributed by atoms with Gasteiger partial charge in [0.05, 0.1) is 12.7 Å². The second kappa shape index (κ2) is 11.1. The Bertz CT molecular complexity index is 603. The summed E-state index contributed by atoms with van der Waals surface area (Å²) in [5.41, 5.74) is 1.22. The van der Waals surface area contributed by atoms with Gasteiger partial charge in [-0.2, -0.15) is 0 Å². The fourth-order valence-electron chi connectivity index (χ4n) is 2.47. The number of aliphatic hydroxyl groups is 1. The minimum atomic E-state index is -0.240. The SMILES string of the molecule is CCOc1cc(C[NH2+]CC[NH2+]C[C@H](C)O)ccc1OCc1cccs1. The summed E-state index contributed by atoms with van der Waals surface area (Å²) in [6.45, 7) is 8.70. The van der Waals surface area contributed by atoms with Crippen molar-refractivity contribution in [1.29, 1.82) is 0 Å². The van der Waals surface area contributed by atoms with Crippen LogP contribution in [0.4, 0.5) is 0 Å². The number of ether oxygens (including phenoxy) is 2. The maximum atomic E-state index is 9.23. The Hall–Kier alpha value is -1.60. The number of benzene rings is 1. The van der Waals surface area contributed by atoms with Gasteiger partial charge in [-0.05, 0) is 43.5 Å². The predicted molar refractivity (Wildman–Crippen MR) is 100 cm³/mol. The van der Waals surface area contributed by atoms with Crippen molar-refractivity contribution in [1.82, 2.24) is 0 Å². The molecule has 0 aliphatic heterocycles. The van der Waals surface area contributed by atoms with Gasteiger partial charge in [0.15, 0.2) is 11.5 Å². The van der Waals surface area contributed by atoms with Crippen molar-refractivity contribution in [2.24, 2.45) is 0 Å². The zero-order valence-corrected chi connectivity index (χ0v) is 15.9. The topological polar surface area (TPSA) is 71.9 Å².